The fourth-order valence-corrected chi connectivity index (χ4v) is 2.81. The Bertz CT molecular complexity index is 907. The fourth-order valence-electron chi connectivity index (χ4n) is 2.03. The van der Waals surface area contributed by atoms with Gasteiger partial charge in [0, 0.05) is 19.2 Å². The quantitative estimate of drug-likeness (QED) is 0.801. The Morgan fingerprint density at radius 3 is 2.58 bits per heavy atom. The summed E-state index contributed by atoms with van der Waals surface area (Å²) in [4.78, 5) is 7.76. The highest BCUT2D eigenvalue weighted by atomic mass is 35.5. The molecule has 11 heteroatoms. The van der Waals surface area contributed by atoms with Crippen molar-refractivity contribution < 1.29 is 17.9 Å². The Hall–Kier alpha value is -1.97. The van der Waals surface area contributed by atoms with Crippen LogP contribution in [0.1, 0.15) is 0 Å². The third-order valence-electron chi connectivity index (χ3n) is 3.30. The molecule has 8 nitrogen and oxygen atoms in total. The topological polar surface area (TPSA) is 93.7 Å². The molecule has 1 aliphatic heterocycles. The minimum atomic E-state index is -3.50. The molecule has 2 aromatic rings. The van der Waals surface area contributed by atoms with Crippen LogP contribution in [-0.2, 0) is 10.0 Å². The van der Waals surface area contributed by atoms with Crippen LogP contribution in [0.2, 0.25) is 10.3 Å². The molecule has 2 heterocycles. The summed E-state index contributed by atoms with van der Waals surface area (Å²) in [6.07, 6.45) is 2.43. The first-order valence-electron chi connectivity index (χ1n) is 6.58. The van der Waals surface area contributed by atoms with E-state index in [4.69, 9.17) is 32.7 Å². The molecule has 0 atom stereocenters. The first-order chi connectivity index (χ1) is 11.3. The highest BCUT2D eigenvalue weighted by Gasteiger charge is 2.23. The van der Waals surface area contributed by atoms with E-state index in [9.17, 15) is 8.42 Å². The second-order valence-electron chi connectivity index (χ2n) is 4.91. The van der Waals surface area contributed by atoms with Crippen molar-refractivity contribution in [2.45, 2.75) is 0 Å². The van der Waals surface area contributed by atoms with Gasteiger partial charge in [-0.3, -0.25) is 4.31 Å². The average Bonchev–Trinajstić information content (AvgIpc) is 2.95. The second-order valence-corrected chi connectivity index (χ2v) is 7.67. The maximum absolute atomic E-state index is 11.9. The van der Waals surface area contributed by atoms with E-state index in [-0.39, 0.29) is 22.9 Å². The van der Waals surface area contributed by atoms with Crippen LogP contribution in [0.4, 0.5) is 17.2 Å². The van der Waals surface area contributed by atoms with Gasteiger partial charge in [0.05, 0.1) is 23.8 Å². The Balaban J connectivity index is 2.10. The van der Waals surface area contributed by atoms with Gasteiger partial charge in [-0.15, -0.1) is 0 Å². The molecule has 3 rings (SSSR count). The van der Waals surface area contributed by atoms with Crippen molar-refractivity contribution in [2.75, 3.05) is 29.7 Å². The van der Waals surface area contributed by atoms with Crippen LogP contribution in [0.3, 0.4) is 0 Å². The lowest BCUT2D eigenvalue weighted by atomic mass is 10.2. The monoisotopic (exact) mass is 390 g/mol. The maximum Gasteiger partial charge on any atom is 0.232 e. The molecule has 128 valence electrons. The summed E-state index contributed by atoms with van der Waals surface area (Å²) >= 11 is 11.8. The van der Waals surface area contributed by atoms with Crippen LogP contribution in [0.25, 0.3) is 0 Å². The molecule has 0 bridgehead atoms. The number of nitrogens with zero attached hydrogens (tertiary/aromatic N) is 3. The molecule has 0 fully saturated rings. The minimum Gasteiger partial charge on any atom is -0.454 e. The molecule has 1 aliphatic rings. The van der Waals surface area contributed by atoms with Gasteiger partial charge in [-0.2, -0.15) is 4.98 Å². The first-order valence-corrected chi connectivity index (χ1v) is 9.19. The SMILES string of the molecule is CN(c1cc2c(cc1Nc1nc(Cl)ncc1Cl)OCO2)S(C)(=O)=O. The van der Waals surface area contributed by atoms with Crippen LogP contribution in [0, 0.1) is 0 Å². The molecule has 0 aliphatic carbocycles. The number of aromatic nitrogens is 2. The molecule has 0 saturated heterocycles. The number of sulfonamides is 1. The Kier molecular flexibility index (Phi) is 4.33. The summed E-state index contributed by atoms with van der Waals surface area (Å²) in [6.45, 7) is 0.0565. The van der Waals surface area contributed by atoms with E-state index in [2.05, 4.69) is 15.3 Å². The Labute approximate surface area is 148 Å². The van der Waals surface area contributed by atoms with Gasteiger partial charge in [-0.1, -0.05) is 11.6 Å². The van der Waals surface area contributed by atoms with Crippen LogP contribution in [-0.4, -0.2) is 38.5 Å². The minimum absolute atomic E-state index is 0.000612. The van der Waals surface area contributed by atoms with Crippen molar-refractivity contribution in [1.82, 2.24) is 9.97 Å². The summed E-state index contributed by atoms with van der Waals surface area (Å²) in [5.74, 6) is 1.15. The van der Waals surface area contributed by atoms with Crippen molar-refractivity contribution in [3.63, 3.8) is 0 Å². The van der Waals surface area contributed by atoms with E-state index in [0.29, 0.717) is 22.9 Å². The summed E-state index contributed by atoms with van der Waals surface area (Å²) in [7, 11) is -2.08. The number of anilines is 3. The van der Waals surface area contributed by atoms with Gasteiger partial charge in [0.25, 0.3) is 0 Å². The Morgan fingerprint density at radius 2 is 1.92 bits per heavy atom. The predicted molar refractivity (Wildman–Crippen MR) is 91.1 cm³/mol. The Morgan fingerprint density at radius 1 is 1.25 bits per heavy atom. The van der Waals surface area contributed by atoms with Gasteiger partial charge >= 0.3 is 0 Å². The van der Waals surface area contributed by atoms with Crippen molar-refractivity contribution in [3.05, 3.63) is 28.6 Å². The van der Waals surface area contributed by atoms with Gasteiger partial charge < -0.3 is 14.8 Å². The number of hydrogen-bond acceptors (Lipinski definition) is 7. The van der Waals surface area contributed by atoms with E-state index in [1.807, 2.05) is 0 Å². The molecule has 0 unspecified atom stereocenters. The zero-order valence-corrected chi connectivity index (χ0v) is 14.9. The third kappa shape index (κ3) is 3.28. The molecule has 0 saturated carbocycles. The zero-order valence-electron chi connectivity index (χ0n) is 12.6. The van der Waals surface area contributed by atoms with E-state index >= 15 is 0 Å². The standard InChI is InChI=1S/C13H12Cl2N4O4S/c1-19(24(2,20)21)9-4-11-10(22-6-23-11)3-8(9)17-12-7(14)5-16-13(15)18-12/h3-5H,6H2,1-2H3,(H,16,17,18). The van der Waals surface area contributed by atoms with Gasteiger partial charge in [0.1, 0.15) is 5.02 Å². The maximum atomic E-state index is 11.9. The average molecular weight is 391 g/mol. The van der Waals surface area contributed by atoms with Crippen molar-refractivity contribution in [3.8, 4) is 11.5 Å². The van der Waals surface area contributed by atoms with Crippen molar-refractivity contribution >= 4 is 50.4 Å². The second kappa shape index (κ2) is 6.15. The van der Waals surface area contributed by atoms with Crippen LogP contribution >= 0.6 is 23.2 Å². The number of halogens is 2. The lowest BCUT2D eigenvalue weighted by molar-refractivity contribution is 0.174. The van der Waals surface area contributed by atoms with Crippen LogP contribution in [0.15, 0.2) is 18.3 Å². The first kappa shape index (κ1) is 16.9. The molecule has 1 aromatic heterocycles. The van der Waals surface area contributed by atoms with Crippen LogP contribution in [0.5, 0.6) is 11.5 Å². The van der Waals surface area contributed by atoms with E-state index < -0.39 is 10.0 Å². The van der Waals surface area contributed by atoms with Crippen LogP contribution < -0.4 is 19.1 Å². The largest absolute Gasteiger partial charge is 0.454 e. The summed E-state index contributed by atoms with van der Waals surface area (Å²) < 4.78 is 35.6. The predicted octanol–water partition coefficient (Wildman–Crippen LogP) is 2.65. The molecule has 0 radical (unpaired) electrons. The lowest BCUT2D eigenvalue weighted by Crippen LogP contribution is -2.25. The zero-order chi connectivity index (χ0) is 17.5. The number of benzene rings is 1. The number of fused-ring (bicyclic) bond motifs is 1. The third-order valence-corrected chi connectivity index (χ3v) is 4.95. The van der Waals surface area contributed by atoms with E-state index in [1.54, 1.807) is 12.1 Å². The molecule has 0 spiro atoms. The normalized spacial score (nSPS) is 13.0. The smallest absolute Gasteiger partial charge is 0.232 e. The summed E-state index contributed by atoms with van der Waals surface area (Å²) in [5, 5.41) is 3.18. The number of ether oxygens (including phenoxy) is 2. The number of nitrogens with one attached hydrogen (secondary N) is 1. The molecule has 24 heavy (non-hydrogen) atoms. The molecule has 1 aromatic carbocycles. The summed E-state index contributed by atoms with van der Waals surface area (Å²) in [5.41, 5.74) is 0.747. The molecule has 0 amide bonds. The van der Waals surface area contributed by atoms with E-state index in [0.717, 1.165) is 10.6 Å². The molecular weight excluding hydrogens is 379 g/mol. The summed E-state index contributed by atoms with van der Waals surface area (Å²) in [6, 6.07) is 3.16. The fraction of sp³-hybridized carbons (Fsp3) is 0.231. The molecule has 1 N–H and O–H groups in total. The van der Waals surface area contributed by atoms with Gasteiger partial charge in [-0.05, 0) is 11.6 Å². The highest BCUT2D eigenvalue weighted by Crippen LogP contribution is 2.42. The van der Waals surface area contributed by atoms with Gasteiger partial charge in [-0.25, -0.2) is 13.4 Å². The number of hydrogen-bond donors (Lipinski definition) is 1. The van der Waals surface area contributed by atoms with Crippen molar-refractivity contribution in [2.24, 2.45) is 0 Å². The highest BCUT2D eigenvalue weighted by molar-refractivity contribution is 7.92. The van der Waals surface area contributed by atoms with Gasteiger partial charge in [0.15, 0.2) is 17.3 Å². The lowest BCUT2D eigenvalue weighted by Gasteiger charge is -2.21. The van der Waals surface area contributed by atoms with E-state index in [1.165, 1.54) is 13.2 Å². The van der Waals surface area contributed by atoms with Gasteiger partial charge in [0.2, 0.25) is 22.1 Å². The molecular formula is C13H12Cl2N4O4S. The van der Waals surface area contributed by atoms with Crippen molar-refractivity contribution in [1.29, 1.82) is 0 Å². The number of rotatable bonds is 4.